The van der Waals surface area contributed by atoms with E-state index in [1.807, 2.05) is 18.3 Å². The molecule has 1 aromatic carbocycles. The van der Waals surface area contributed by atoms with Gasteiger partial charge in [-0.2, -0.15) is 0 Å². The first-order valence-electron chi connectivity index (χ1n) is 7.75. The largest absolute Gasteiger partial charge is 0.361 e. The summed E-state index contributed by atoms with van der Waals surface area (Å²) in [6.45, 7) is 1.20. The molecule has 0 bridgehead atoms. The van der Waals surface area contributed by atoms with E-state index >= 15 is 0 Å². The number of carbonyl (C=O) groups is 1. The van der Waals surface area contributed by atoms with Gasteiger partial charge in [0.05, 0.1) is 5.01 Å². The van der Waals surface area contributed by atoms with E-state index in [9.17, 15) is 4.79 Å². The van der Waals surface area contributed by atoms with Gasteiger partial charge in [-0.25, -0.2) is 4.98 Å². The molecule has 7 heteroatoms. The van der Waals surface area contributed by atoms with E-state index in [2.05, 4.69) is 27.4 Å². The molecule has 0 saturated carbocycles. The van der Waals surface area contributed by atoms with Gasteiger partial charge in [0.25, 0.3) is 5.91 Å². The Kier molecular flexibility index (Phi) is 6.78. The van der Waals surface area contributed by atoms with E-state index in [4.69, 9.17) is 5.73 Å². The second kappa shape index (κ2) is 8.82. The number of amides is 1. The molecule has 2 aromatic heterocycles. The van der Waals surface area contributed by atoms with E-state index in [1.54, 1.807) is 5.38 Å². The maximum Gasteiger partial charge on any atom is 0.270 e. The Balaban J connectivity index is 0.00000208. The minimum Gasteiger partial charge on any atom is -0.361 e. The molecule has 0 atom stereocenters. The summed E-state index contributed by atoms with van der Waals surface area (Å²) in [4.78, 5) is 19.6. The smallest absolute Gasteiger partial charge is 0.270 e. The maximum atomic E-state index is 12.0. The Morgan fingerprint density at radius 1 is 1.29 bits per heavy atom. The lowest BCUT2D eigenvalue weighted by Gasteiger charge is -2.03. The summed E-state index contributed by atoms with van der Waals surface area (Å²) in [6, 6.07) is 8.26. The van der Waals surface area contributed by atoms with Crippen LogP contribution < -0.4 is 11.1 Å². The molecule has 24 heavy (non-hydrogen) atoms. The normalized spacial score (nSPS) is 10.5. The van der Waals surface area contributed by atoms with Crippen molar-refractivity contribution in [3.8, 4) is 0 Å². The number of aromatic amines is 1. The third kappa shape index (κ3) is 4.35. The highest BCUT2D eigenvalue weighted by Gasteiger charge is 2.10. The van der Waals surface area contributed by atoms with Crippen LogP contribution in [0, 0.1) is 0 Å². The lowest BCUT2D eigenvalue weighted by molar-refractivity contribution is 0.0949. The average molecular weight is 365 g/mol. The third-order valence-corrected chi connectivity index (χ3v) is 4.63. The first-order chi connectivity index (χ1) is 11.3. The number of nitrogens with one attached hydrogen (secondary N) is 2. The minimum atomic E-state index is -0.108. The topological polar surface area (TPSA) is 83.8 Å². The van der Waals surface area contributed by atoms with Crippen LogP contribution in [0.25, 0.3) is 10.9 Å². The van der Waals surface area contributed by atoms with Crippen LogP contribution in [0.2, 0.25) is 0 Å². The maximum absolute atomic E-state index is 12.0. The van der Waals surface area contributed by atoms with Gasteiger partial charge in [-0.3, -0.25) is 4.79 Å². The summed E-state index contributed by atoms with van der Waals surface area (Å²) in [6.07, 6.45) is 4.59. The summed E-state index contributed by atoms with van der Waals surface area (Å²) in [5.74, 6) is -0.108. The SMILES string of the molecule is Cl.NCCc1nc(C(=O)NCCCc2c[nH]c3ccccc23)cs1. The van der Waals surface area contributed by atoms with E-state index < -0.39 is 0 Å². The van der Waals surface area contributed by atoms with E-state index in [-0.39, 0.29) is 18.3 Å². The summed E-state index contributed by atoms with van der Waals surface area (Å²) >= 11 is 1.49. The van der Waals surface area contributed by atoms with E-state index in [0.717, 1.165) is 29.8 Å². The zero-order chi connectivity index (χ0) is 16.1. The monoisotopic (exact) mass is 364 g/mol. The van der Waals surface area contributed by atoms with Crippen molar-refractivity contribution < 1.29 is 4.79 Å². The Morgan fingerprint density at radius 2 is 2.12 bits per heavy atom. The molecule has 5 nitrogen and oxygen atoms in total. The lowest BCUT2D eigenvalue weighted by atomic mass is 10.1. The van der Waals surface area contributed by atoms with Gasteiger partial charge < -0.3 is 16.0 Å². The molecule has 0 spiro atoms. The molecule has 128 valence electrons. The van der Waals surface area contributed by atoms with Crippen molar-refractivity contribution in [3.63, 3.8) is 0 Å². The number of fused-ring (bicyclic) bond motifs is 1. The number of nitrogens with two attached hydrogens (primary N) is 1. The second-order valence-corrected chi connectivity index (χ2v) is 6.33. The number of aromatic nitrogens is 2. The predicted octanol–water partition coefficient (Wildman–Crippen LogP) is 2.91. The first kappa shape index (κ1) is 18.4. The standard InChI is InChI=1S/C17H20N4OS.ClH/c18-8-7-16-21-15(11-23-16)17(22)19-9-3-4-12-10-20-14-6-2-1-5-13(12)14;/h1-2,5-6,10-11,20H,3-4,7-9,18H2,(H,19,22);1H. The van der Waals surface area contributed by atoms with Gasteiger partial charge in [-0.15, -0.1) is 23.7 Å². The number of benzene rings is 1. The van der Waals surface area contributed by atoms with Gasteiger partial charge in [0.15, 0.2) is 0 Å². The number of halogens is 1. The third-order valence-electron chi connectivity index (χ3n) is 3.73. The van der Waals surface area contributed by atoms with Crippen molar-refractivity contribution in [1.29, 1.82) is 0 Å². The molecule has 4 N–H and O–H groups in total. The van der Waals surface area contributed by atoms with Gasteiger partial charge in [-0.05, 0) is 31.0 Å². The van der Waals surface area contributed by atoms with Gasteiger partial charge in [0.2, 0.25) is 0 Å². The average Bonchev–Trinajstić information content (AvgIpc) is 3.19. The van der Waals surface area contributed by atoms with Gasteiger partial charge in [-0.1, -0.05) is 18.2 Å². The quantitative estimate of drug-likeness (QED) is 0.563. The molecule has 3 rings (SSSR count). The molecular formula is C17H21ClN4OS. The number of rotatable bonds is 7. The molecule has 0 aliphatic heterocycles. The van der Waals surface area contributed by atoms with Crippen LogP contribution in [0.1, 0.15) is 27.5 Å². The zero-order valence-corrected chi connectivity index (χ0v) is 14.9. The molecule has 0 unspecified atom stereocenters. The molecule has 0 aliphatic carbocycles. The second-order valence-electron chi connectivity index (χ2n) is 5.38. The molecule has 2 heterocycles. The fourth-order valence-electron chi connectivity index (χ4n) is 2.56. The molecular weight excluding hydrogens is 344 g/mol. The highest BCUT2D eigenvalue weighted by atomic mass is 35.5. The van der Waals surface area contributed by atoms with Crippen LogP contribution in [0.15, 0.2) is 35.8 Å². The molecule has 1 amide bonds. The Morgan fingerprint density at radius 3 is 2.96 bits per heavy atom. The summed E-state index contributed by atoms with van der Waals surface area (Å²) in [5.41, 5.74) is 8.42. The van der Waals surface area contributed by atoms with E-state index in [0.29, 0.717) is 18.8 Å². The van der Waals surface area contributed by atoms with Crippen LogP contribution in [-0.2, 0) is 12.8 Å². The minimum absolute atomic E-state index is 0. The lowest BCUT2D eigenvalue weighted by Crippen LogP contribution is -2.25. The van der Waals surface area contributed by atoms with Gasteiger partial charge in [0.1, 0.15) is 5.69 Å². The van der Waals surface area contributed by atoms with Crippen molar-refractivity contribution in [1.82, 2.24) is 15.3 Å². The van der Waals surface area contributed by atoms with Crippen molar-refractivity contribution in [2.24, 2.45) is 5.73 Å². The van der Waals surface area contributed by atoms with Gasteiger partial charge in [0, 0.05) is 35.4 Å². The molecule has 0 fully saturated rings. The van der Waals surface area contributed by atoms with Gasteiger partial charge >= 0.3 is 0 Å². The Labute approximate surface area is 151 Å². The van der Waals surface area contributed by atoms with Crippen LogP contribution in [0.4, 0.5) is 0 Å². The van der Waals surface area contributed by atoms with Crippen LogP contribution >= 0.6 is 23.7 Å². The summed E-state index contributed by atoms with van der Waals surface area (Å²) in [7, 11) is 0. The molecule has 0 aliphatic rings. The first-order valence-corrected chi connectivity index (χ1v) is 8.63. The van der Waals surface area contributed by atoms with Crippen molar-refractivity contribution >= 4 is 40.6 Å². The fourth-order valence-corrected chi connectivity index (χ4v) is 3.36. The predicted molar refractivity (Wildman–Crippen MR) is 101 cm³/mol. The highest BCUT2D eigenvalue weighted by molar-refractivity contribution is 7.09. The van der Waals surface area contributed by atoms with Crippen molar-refractivity contribution in [2.75, 3.05) is 13.1 Å². The molecule has 0 radical (unpaired) electrons. The molecule has 0 saturated heterocycles. The fraction of sp³-hybridized carbons (Fsp3) is 0.294. The van der Waals surface area contributed by atoms with Crippen LogP contribution in [-0.4, -0.2) is 29.0 Å². The number of H-pyrrole nitrogens is 1. The van der Waals surface area contributed by atoms with Crippen molar-refractivity contribution in [3.05, 3.63) is 52.1 Å². The summed E-state index contributed by atoms with van der Waals surface area (Å²) < 4.78 is 0. The number of nitrogens with zero attached hydrogens (tertiary/aromatic N) is 1. The zero-order valence-electron chi connectivity index (χ0n) is 13.2. The number of hydrogen-bond acceptors (Lipinski definition) is 4. The number of hydrogen-bond donors (Lipinski definition) is 3. The Bertz CT molecular complexity index is 799. The highest BCUT2D eigenvalue weighted by Crippen LogP contribution is 2.18. The number of aryl methyl sites for hydroxylation is 1. The number of carbonyl (C=O) groups excluding carboxylic acids is 1. The van der Waals surface area contributed by atoms with E-state index in [1.165, 1.54) is 22.3 Å². The molecule has 3 aromatic rings. The number of thiazole rings is 1. The number of para-hydroxylation sites is 1. The van der Waals surface area contributed by atoms with Crippen LogP contribution in [0.3, 0.4) is 0 Å². The summed E-state index contributed by atoms with van der Waals surface area (Å²) in [5, 5.41) is 6.89. The van der Waals surface area contributed by atoms with Crippen molar-refractivity contribution in [2.45, 2.75) is 19.3 Å². The Hall–Kier alpha value is -1.89. The van der Waals surface area contributed by atoms with Crippen LogP contribution in [0.5, 0.6) is 0 Å².